The third-order valence-corrected chi connectivity index (χ3v) is 6.77. The van der Waals surface area contributed by atoms with E-state index in [1.807, 2.05) is 18.2 Å². The van der Waals surface area contributed by atoms with Gasteiger partial charge in [-0.1, -0.05) is 6.07 Å². The highest BCUT2D eigenvalue weighted by molar-refractivity contribution is 7.89. The predicted octanol–water partition coefficient (Wildman–Crippen LogP) is 1.83. The summed E-state index contributed by atoms with van der Waals surface area (Å²) in [6.07, 6.45) is 0. The molecule has 1 saturated heterocycles. The molecule has 0 radical (unpaired) electrons. The van der Waals surface area contributed by atoms with E-state index >= 15 is 0 Å². The molecule has 0 aromatic heterocycles. The van der Waals surface area contributed by atoms with Crippen LogP contribution in [-0.2, 0) is 16.6 Å². The zero-order valence-corrected chi connectivity index (χ0v) is 15.8. The lowest BCUT2D eigenvalue weighted by atomic mass is 10.2. The number of ether oxygens (including phenoxy) is 2. The smallest absolute Gasteiger partial charge is 0.269 e. The van der Waals surface area contributed by atoms with Gasteiger partial charge in [0.25, 0.3) is 5.69 Å². The lowest BCUT2D eigenvalue weighted by molar-refractivity contribution is -0.384. The number of sulfonamides is 1. The molecule has 2 aromatic carbocycles. The normalized spacial score (nSPS) is 17.6. The summed E-state index contributed by atoms with van der Waals surface area (Å²) in [4.78, 5) is 12.4. The molecule has 10 heteroatoms. The largest absolute Gasteiger partial charge is 0.454 e. The van der Waals surface area contributed by atoms with Crippen LogP contribution in [0.2, 0.25) is 0 Å². The molecule has 1 fully saturated rings. The first-order valence-corrected chi connectivity index (χ1v) is 10.2. The van der Waals surface area contributed by atoms with Gasteiger partial charge in [-0.05, 0) is 29.8 Å². The molecule has 0 spiro atoms. The number of hydrogen-bond donors (Lipinski definition) is 0. The molecule has 2 aromatic rings. The second-order valence-corrected chi connectivity index (χ2v) is 8.56. The maximum atomic E-state index is 12.8. The van der Waals surface area contributed by atoms with E-state index in [1.54, 1.807) is 0 Å². The molecule has 0 saturated carbocycles. The summed E-state index contributed by atoms with van der Waals surface area (Å²) in [5, 5.41) is 10.7. The number of nitrogens with zero attached hydrogens (tertiary/aromatic N) is 3. The second kappa shape index (κ2) is 7.38. The highest BCUT2D eigenvalue weighted by Crippen LogP contribution is 2.33. The van der Waals surface area contributed by atoms with Crippen molar-refractivity contribution in [2.24, 2.45) is 0 Å². The lowest BCUT2D eigenvalue weighted by Gasteiger charge is -2.34. The van der Waals surface area contributed by atoms with Crippen LogP contribution in [-0.4, -0.2) is 55.5 Å². The van der Waals surface area contributed by atoms with Crippen molar-refractivity contribution in [3.8, 4) is 11.5 Å². The molecule has 0 bridgehead atoms. The molecular formula is C18H19N3O6S. The molecule has 0 atom stereocenters. The monoisotopic (exact) mass is 405 g/mol. The van der Waals surface area contributed by atoms with Gasteiger partial charge in [0.15, 0.2) is 11.5 Å². The van der Waals surface area contributed by atoms with Crippen LogP contribution >= 0.6 is 0 Å². The van der Waals surface area contributed by atoms with Crippen LogP contribution in [0.5, 0.6) is 11.5 Å². The average Bonchev–Trinajstić information content (AvgIpc) is 3.16. The van der Waals surface area contributed by atoms with E-state index in [-0.39, 0.29) is 17.4 Å². The lowest BCUT2D eigenvalue weighted by Crippen LogP contribution is -2.48. The Labute approximate surface area is 162 Å². The molecule has 0 aliphatic carbocycles. The van der Waals surface area contributed by atoms with Gasteiger partial charge in [-0.15, -0.1) is 0 Å². The van der Waals surface area contributed by atoms with Crippen molar-refractivity contribution < 1.29 is 22.8 Å². The number of non-ortho nitro benzene ring substituents is 1. The quantitative estimate of drug-likeness (QED) is 0.552. The molecule has 4 rings (SSSR count). The topological polar surface area (TPSA) is 102 Å². The van der Waals surface area contributed by atoms with Gasteiger partial charge in [0.1, 0.15) is 0 Å². The molecular weight excluding hydrogens is 386 g/mol. The SMILES string of the molecule is O=[N+]([O-])c1ccc(S(=O)(=O)N2CCN(Cc3ccc4c(c3)OCO4)CC2)cc1. The van der Waals surface area contributed by atoms with Crippen LogP contribution in [0.15, 0.2) is 47.4 Å². The van der Waals surface area contributed by atoms with Crippen molar-refractivity contribution in [3.05, 3.63) is 58.1 Å². The van der Waals surface area contributed by atoms with Gasteiger partial charge in [0.2, 0.25) is 16.8 Å². The van der Waals surface area contributed by atoms with Crippen LogP contribution in [0, 0.1) is 10.1 Å². The van der Waals surface area contributed by atoms with Crippen molar-refractivity contribution in [2.75, 3.05) is 33.0 Å². The van der Waals surface area contributed by atoms with E-state index in [2.05, 4.69) is 4.90 Å². The summed E-state index contributed by atoms with van der Waals surface area (Å²) in [6.45, 7) is 2.86. The van der Waals surface area contributed by atoms with Crippen molar-refractivity contribution in [3.63, 3.8) is 0 Å². The highest BCUT2D eigenvalue weighted by atomic mass is 32.2. The number of nitro benzene ring substituents is 1. The molecule has 2 heterocycles. The summed E-state index contributed by atoms with van der Waals surface area (Å²) in [5.41, 5.74) is 0.948. The first kappa shape index (κ1) is 18.7. The summed E-state index contributed by atoms with van der Waals surface area (Å²) in [7, 11) is -3.66. The van der Waals surface area contributed by atoms with E-state index in [0.717, 1.165) is 17.1 Å². The first-order valence-electron chi connectivity index (χ1n) is 8.79. The van der Waals surface area contributed by atoms with E-state index in [4.69, 9.17) is 9.47 Å². The van der Waals surface area contributed by atoms with E-state index < -0.39 is 14.9 Å². The van der Waals surface area contributed by atoms with Crippen LogP contribution < -0.4 is 9.47 Å². The number of rotatable bonds is 5. The first-order chi connectivity index (χ1) is 13.4. The number of benzene rings is 2. The summed E-state index contributed by atoms with van der Waals surface area (Å²) in [5.74, 6) is 1.47. The van der Waals surface area contributed by atoms with Crippen LogP contribution in [0.4, 0.5) is 5.69 Å². The maximum Gasteiger partial charge on any atom is 0.269 e. The summed E-state index contributed by atoms with van der Waals surface area (Å²) >= 11 is 0. The van der Waals surface area contributed by atoms with E-state index in [0.29, 0.717) is 32.7 Å². The average molecular weight is 405 g/mol. The van der Waals surface area contributed by atoms with Gasteiger partial charge in [-0.2, -0.15) is 4.31 Å². The number of fused-ring (bicyclic) bond motifs is 1. The fourth-order valence-corrected chi connectivity index (χ4v) is 4.74. The molecule has 2 aliphatic heterocycles. The standard InChI is InChI=1S/C18H19N3O6S/c22-21(23)15-2-4-16(5-3-15)28(24,25)20-9-7-19(8-10-20)12-14-1-6-17-18(11-14)27-13-26-17/h1-6,11H,7-10,12-13H2. The Morgan fingerprint density at radius 3 is 2.32 bits per heavy atom. The molecule has 28 heavy (non-hydrogen) atoms. The molecule has 0 unspecified atom stereocenters. The third kappa shape index (κ3) is 3.66. The van der Waals surface area contributed by atoms with Crippen molar-refractivity contribution in [2.45, 2.75) is 11.4 Å². The molecule has 148 valence electrons. The molecule has 0 amide bonds. The van der Waals surface area contributed by atoms with Crippen LogP contribution in [0.3, 0.4) is 0 Å². The Bertz CT molecular complexity index is 985. The Hall–Kier alpha value is -2.69. The van der Waals surface area contributed by atoms with Crippen LogP contribution in [0.1, 0.15) is 5.56 Å². The predicted molar refractivity (Wildman–Crippen MR) is 99.7 cm³/mol. The molecule has 9 nitrogen and oxygen atoms in total. The number of piperazine rings is 1. The van der Waals surface area contributed by atoms with Gasteiger partial charge < -0.3 is 9.47 Å². The Kier molecular flexibility index (Phi) is 4.92. The van der Waals surface area contributed by atoms with Gasteiger partial charge >= 0.3 is 0 Å². The summed E-state index contributed by atoms with van der Waals surface area (Å²) in [6, 6.07) is 10.8. The van der Waals surface area contributed by atoms with Crippen LogP contribution in [0.25, 0.3) is 0 Å². The zero-order valence-electron chi connectivity index (χ0n) is 15.0. The minimum atomic E-state index is -3.66. The van der Waals surface area contributed by atoms with E-state index in [9.17, 15) is 18.5 Å². The highest BCUT2D eigenvalue weighted by Gasteiger charge is 2.29. The molecule has 0 N–H and O–H groups in total. The van der Waals surface area contributed by atoms with Gasteiger partial charge in [-0.25, -0.2) is 8.42 Å². The third-order valence-electron chi connectivity index (χ3n) is 4.86. The van der Waals surface area contributed by atoms with Gasteiger partial charge in [0, 0.05) is 44.9 Å². The zero-order chi connectivity index (χ0) is 19.7. The van der Waals surface area contributed by atoms with Crippen molar-refractivity contribution in [1.82, 2.24) is 9.21 Å². The Balaban J connectivity index is 1.38. The fourth-order valence-electron chi connectivity index (χ4n) is 3.31. The van der Waals surface area contributed by atoms with Gasteiger partial charge in [-0.3, -0.25) is 15.0 Å². The summed E-state index contributed by atoms with van der Waals surface area (Å²) < 4.78 is 37.7. The maximum absolute atomic E-state index is 12.8. The fraction of sp³-hybridized carbons (Fsp3) is 0.333. The van der Waals surface area contributed by atoms with Crippen molar-refractivity contribution >= 4 is 15.7 Å². The second-order valence-electron chi connectivity index (χ2n) is 6.62. The Morgan fingerprint density at radius 1 is 0.964 bits per heavy atom. The Morgan fingerprint density at radius 2 is 1.64 bits per heavy atom. The minimum absolute atomic E-state index is 0.0716. The number of hydrogen-bond acceptors (Lipinski definition) is 7. The van der Waals surface area contributed by atoms with Gasteiger partial charge in [0.05, 0.1) is 9.82 Å². The minimum Gasteiger partial charge on any atom is -0.454 e. The van der Waals surface area contributed by atoms with E-state index in [1.165, 1.54) is 28.6 Å². The van der Waals surface area contributed by atoms with Crippen molar-refractivity contribution in [1.29, 1.82) is 0 Å². The number of nitro groups is 1. The molecule has 2 aliphatic rings.